The van der Waals surface area contributed by atoms with E-state index < -0.39 is 0 Å². The van der Waals surface area contributed by atoms with Crippen molar-refractivity contribution in [1.29, 1.82) is 0 Å². The molecule has 0 saturated carbocycles. The Morgan fingerprint density at radius 3 is 2.56 bits per heavy atom. The van der Waals surface area contributed by atoms with Crippen molar-refractivity contribution in [1.82, 2.24) is 4.57 Å². The van der Waals surface area contributed by atoms with Crippen LogP contribution in [0.2, 0.25) is 0 Å². The number of thiazole rings is 1. The lowest BCUT2D eigenvalue weighted by molar-refractivity contribution is 0.815. The van der Waals surface area contributed by atoms with Gasteiger partial charge >= 0.3 is 4.87 Å². The molecule has 0 unspecified atom stereocenters. The van der Waals surface area contributed by atoms with E-state index in [2.05, 4.69) is 31.2 Å². The number of hydrogen-bond acceptors (Lipinski definition) is 2. The van der Waals surface area contributed by atoms with E-state index in [9.17, 15) is 4.79 Å². The van der Waals surface area contributed by atoms with Gasteiger partial charge in [0.2, 0.25) is 0 Å². The third kappa shape index (κ3) is 1.97. The van der Waals surface area contributed by atoms with Crippen LogP contribution in [-0.4, -0.2) is 4.57 Å². The molecule has 0 atom stereocenters. The van der Waals surface area contributed by atoms with Crippen LogP contribution in [0.1, 0.15) is 11.1 Å². The van der Waals surface area contributed by atoms with Gasteiger partial charge in [0.15, 0.2) is 0 Å². The van der Waals surface area contributed by atoms with Crippen molar-refractivity contribution in [2.24, 2.45) is 0 Å². The summed E-state index contributed by atoms with van der Waals surface area (Å²) < 4.78 is 2.89. The van der Waals surface area contributed by atoms with Crippen molar-refractivity contribution in [3.8, 4) is 0 Å². The van der Waals surface area contributed by atoms with Gasteiger partial charge < -0.3 is 0 Å². The first-order valence-electron chi connectivity index (χ1n) is 5.88. The molecule has 0 spiro atoms. The summed E-state index contributed by atoms with van der Waals surface area (Å²) in [6.45, 7) is 2.71. The highest BCUT2D eigenvalue weighted by atomic mass is 32.1. The smallest absolute Gasteiger partial charge is 0.294 e. The monoisotopic (exact) mass is 255 g/mol. The molecular formula is C15H13NOS. The molecule has 90 valence electrons. The summed E-state index contributed by atoms with van der Waals surface area (Å²) >= 11 is 1.31. The van der Waals surface area contributed by atoms with Gasteiger partial charge in [-0.05, 0) is 24.6 Å². The molecule has 2 nitrogen and oxygen atoms in total. The van der Waals surface area contributed by atoms with Gasteiger partial charge in [-0.1, -0.05) is 53.3 Å². The summed E-state index contributed by atoms with van der Waals surface area (Å²) in [5, 5.41) is 0. The molecule has 0 aliphatic rings. The van der Waals surface area contributed by atoms with Gasteiger partial charge in [-0.2, -0.15) is 0 Å². The van der Waals surface area contributed by atoms with E-state index >= 15 is 0 Å². The number of nitrogens with zero attached hydrogens (tertiary/aromatic N) is 1. The topological polar surface area (TPSA) is 22.0 Å². The molecule has 3 heteroatoms. The van der Waals surface area contributed by atoms with Crippen molar-refractivity contribution in [2.45, 2.75) is 13.5 Å². The molecule has 1 aromatic heterocycles. The minimum Gasteiger partial charge on any atom is -0.294 e. The van der Waals surface area contributed by atoms with Crippen LogP contribution in [0.4, 0.5) is 0 Å². The molecular weight excluding hydrogens is 242 g/mol. The molecule has 0 radical (unpaired) electrons. The van der Waals surface area contributed by atoms with Crippen LogP contribution < -0.4 is 4.87 Å². The number of aromatic nitrogens is 1. The predicted molar refractivity (Wildman–Crippen MR) is 76.4 cm³/mol. The summed E-state index contributed by atoms with van der Waals surface area (Å²) in [6, 6.07) is 16.2. The second-order valence-electron chi connectivity index (χ2n) is 4.41. The molecule has 0 aliphatic heterocycles. The standard InChI is InChI=1S/C15H13NOS/c1-11-6-8-12(9-7-11)10-16-13-4-2-3-5-14(13)18-15(16)17/h2-9H,10H2,1H3. The number of rotatable bonds is 2. The Kier molecular flexibility index (Phi) is 2.76. The first kappa shape index (κ1) is 11.2. The average Bonchev–Trinajstić information content (AvgIpc) is 2.69. The highest BCUT2D eigenvalue weighted by Gasteiger charge is 2.06. The lowest BCUT2D eigenvalue weighted by Gasteiger charge is -2.04. The third-order valence-electron chi connectivity index (χ3n) is 3.03. The summed E-state index contributed by atoms with van der Waals surface area (Å²) in [5.41, 5.74) is 3.42. The fourth-order valence-electron chi connectivity index (χ4n) is 2.04. The highest BCUT2D eigenvalue weighted by molar-refractivity contribution is 7.16. The molecule has 0 N–H and O–H groups in total. The molecule has 0 fully saturated rings. The number of benzene rings is 2. The predicted octanol–water partition coefficient (Wildman–Crippen LogP) is 3.42. The van der Waals surface area contributed by atoms with Crippen LogP contribution in [-0.2, 0) is 6.54 Å². The Morgan fingerprint density at radius 1 is 1.06 bits per heavy atom. The molecule has 0 bridgehead atoms. The molecule has 0 saturated heterocycles. The fourth-order valence-corrected chi connectivity index (χ4v) is 2.93. The van der Waals surface area contributed by atoms with Gasteiger partial charge in [-0.3, -0.25) is 9.36 Å². The van der Waals surface area contributed by atoms with Gasteiger partial charge in [0.1, 0.15) is 0 Å². The van der Waals surface area contributed by atoms with Crippen LogP contribution >= 0.6 is 11.3 Å². The van der Waals surface area contributed by atoms with Crippen molar-refractivity contribution in [3.63, 3.8) is 0 Å². The normalized spacial score (nSPS) is 10.9. The zero-order valence-corrected chi connectivity index (χ0v) is 10.9. The van der Waals surface area contributed by atoms with E-state index in [0.29, 0.717) is 6.54 Å². The van der Waals surface area contributed by atoms with Crippen LogP contribution in [0.5, 0.6) is 0 Å². The Bertz CT molecular complexity index is 737. The van der Waals surface area contributed by atoms with Crippen LogP contribution in [0, 0.1) is 6.92 Å². The maximum atomic E-state index is 12.0. The first-order valence-corrected chi connectivity index (χ1v) is 6.69. The maximum absolute atomic E-state index is 12.0. The molecule has 0 amide bonds. The Labute approximate surface area is 109 Å². The summed E-state index contributed by atoms with van der Waals surface area (Å²) in [6.07, 6.45) is 0. The van der Waals surface area contributed by atoms with E-state index in [0.717, 1.165) is 15.8 Å². The summed E-state index contributed by atoms with van der Waals surface area (Å²) in [7, 11) is 0. The average molecular weight is 255 g/mol. The van der Waals surface area contributed by atoms with E-state index in [1.54, 1.807) is 0 Å². The number of hydrogen-bond donors (Lipinski definition) is 0. The van der Waals surface area contributed by atoms with Crippen molar-refractivity contribution >= 4 is 21.6 Å². The van der Waals surface area contributed by atoms with Gasteiger partial charge in [0.25, 0.3) is 0 Å². The minimum absolute atomic E-state index is 0.108. The Balaban J connectivity index is 2.07. The lowest BCUT2D eigenvalue weighted by Crippen LogP contribution is -2.13. The number of aryl methyl sites for hydroxylation is 1. The lowest BCUT2D eigenvalue weighted by atomic mass is 10.1. The van der Waals surface area contributed by atoms with Gasteiger partial charge in [0.05, 0.1) is 16.8 Å². The van der Waals surface area contributed by atoms with Gasteiger partial charge in [-0.15, -0.1) is 0 Å². The van der Waals surface area contributed by atoms with Crippen molar-refractivity contribution < 1.29 is 0 Å². The maximum Gasteiger partial charge on any atom is 0.308 e. The van der Waals surface area contributed by atoms with Crippen LogP contribution in [0.3, 0.4) is 0 Å². The third-order valence-corrected chi connectivity index (χ3v) is 4.00. The largest absolute Gasteiger partial charge is 0.308 e. The fraction of sp³-hybridized carbons (Fsp3) is 0.133. The molecule has 2 aromatic carbocycles. The Hall–Kier alpha value is -1.87. The minimum atomic E-state index is 0.108. The van der Waals surface area contributed by atoms with E-state index in [-0.39, 0.29) is 4.87 Å². The molecule has 3 aromatic rings. The quantitative estimate of drug-likeness (QED) is 0.687. The number of para-hydroxylation sites is 1. The molecule has 18 heavy (non-hydrogen) atoms. The molecule has 3 rings (SSSR count). The van der Waals surface area contributed by atoms with Gasteiger partial charge in [0, 0.05) is 0 Å². The zero-order valence-electron chi connectivity index (χ0n) is 10.1. The summed E-state index contributed by atoms with van der Waals surface area (Å²) in [5.74, 6) is 0. The van der Waals surface area contributed by atoms with Crippen LogP contribution in [0.15, 0.2) is 53.3 Å². The van der Waals surface area contributed by atoms with E-state index in [1.807, 2.05) is 28.8 Å². The molecule has 0 aliphatic carbocycles. The molecule has 1 heterocycles. The second-order valence-corrected chi connectivity index (χ2v) is 5.40. The highest BCUT2D eigenvalue weighted by Crippen LogP contribution is 2.17. The van der Waals surface area contributed by atoms with Gasteiger partial charge in [-0.25, -0.2) is 0 Å². The van der Waals surface area contributed by atoms with E-state index in [1.165, 1.54) is 16.9 Å². The first-order chi connectivity index (χ1) is 8.74. The number of fused-ring (bicyclic) bond motifs is 1. The SMILES string of the molecule is Cc1ccc(Cn2c(=O)sc3ccccc32)cc1. The second kappa shape index (κ2) is 4.42. The van der Waals surface area contributed by atoms with Crippen LogP contribution in [0.25, 0.3) is 10.2 Å². The summed E-state index contributed by atoms with van der Waals surface area (Å²) in [4.78, 5) is 12.1. The zero-order chi connectivity index (χ0) is 12.5. The van der Waals surface area contributed by atoms with Crippen molar-refractivity contribution in [3.05, 3.63) is 69.3 Å². The van der Waals surface area contributed by atoms with Crippen molar-refractivity contribution in [2.75, 3.05) is 0 Å². The Morgan fingerprint density at radius 2 is 1.78 bits per heavy atom. The van der Waals surface area contributed by atoms with E-state index in [4.69, 9.17) is 0 Å².